The molecule has 0 radical (unpaired) electrons. The Balaban J connectivity index is 1.60. The van der Waals surface area contributed by atoms with E-state index in [1.807, 2.05) is 6.07 Å². The summed E-state index contributed by atoms with van der Waals surface area (Å²) in [6, 6.07) is 5.92. The summed E-state index contributed by atoms with van der Waals surface area (Å²) in [5.41, 5.74) is 0.776. The summed E-state index contributed by atoms with van der Waals surface area (Å²) in [6.07, 6.45) is 5.39. The summed E-state index contributed by atoms with van der Waals surface area (Å²) in [7, 11) is 1.42. The monoisotopic (exact) mass is 532 g/mol. The third-order valence-corrected chi connectivity index (χ3v) is 10.3. The van der Waals surface area contributed by atoms with Gasteiger partial charge in [-0.3, -0.25) is 4.79 Å². The predicted octanol–water partition coefficient (Wildman–Crippen LogP) is 5.97. The van der Waals surface area contributed by atoms with Gasteiger partial charge >= 0.3 is 12.0 Å². The number of carbonyl (C=O) groups is 2. The number of carbonyl (C=O) groups excluding carboxylic acids is 2. The molecule has 6 nitrogen and oxygen atoms in total. The van der Waals surface area contributed by atoms with Gasteiger partial charge in [-0.1, -0.05) is 65.3 Å². The van der Waals surface area contributed by atoms with Crippen LogP contribution in [0.4, 0.5) is 4.79 Å². The van der Waals surface area contributed by atoms with Gasteiger partial charge in [-0.15, -0.1) is 0 Å². The number of rotatable bonds is 7. The van der Waals surface area contributed by atoms with Crippen molar-refractivity contribution in [2.75, 3.05) is 13.7 Å². The van der Waals surface area contributed by atoms with Crippen LogP contribution in [-0.2, 0) is 21.5 Å². The summed E-state index contributed by atoms with van der Waals surface area (Å²) in [5.74, 6) is -0.186. The Morgan fingerprint density at radius 2 is 1.78 bits per heavy atom. The van der Waals surface area contributed by atoms with Crippen LogP contribution in [-0.4, -0.2) is 36.4 Å². The van der Waals surface area contributed by atoms with Gasteiger partial charge in [-0.05, 0) is 78.9 Å². The minimum Gasteiger partial charge on any atom is -0.469 e. The zero-order valence-electron chi connectivity index (χ0n) is 23.6. The number of benzene rings is 1. The number of nitrogens with one attached hydrogen (secondary N) is 2. The van der Waals surface area contributed by atoms with Gasteiger partial charge < -0.3 is 20.5 Å². The molecule has 5 rings (SSSR count). The van der Waals surface area contributed by atoms with E-state index in [1.54, 1.807) is 0 Å². The number of aliphatic hydroxyl groups excluding tert-OH is 1. The minimum atomic E-state index is -0.746. The van der Waals surface area contributed by atoms with Crippen LogP contribution in [0.2, 0.25) is 5.02 Å². The van der Waals surface area contributed by atoms with Crippen LogP contribution in [0, 0.1) is 28.1 Å². The number of ether oxygens (including phenoxy) is 1. The predicted molar refractivity (Wildman–Crippen MR) is 146 cm³/mol. The van der Waals surface area contributed by atoms with Gasteiger partial charge in [-0.2, -0.15) is 0 Å². The van der Waals surface area contributed by atoms with Crippen molar-refractivity contribution in [3.63, 3.8) is 0 Å². The van der Waals surface area contributed by atoms with Crippen LogP contribution in [0.1, 0.15) is 91.2 Å². The van der Waals surface area contributed by atoms with Crippen molar-refractivity contribution < 1.29 is 19.4 Å². The first-order valence-electron chi connectivity index (χ1n) is 13.7. The molecule has 4 aliphatic rings. The Morgan fingerprint density at radius 1 is 1.14 bits per heavy atom. The lowest BCUT2D eigenvalue weighted by Crippen LogP contribution is -2.78. The lowest BCUT2D eigenvalue weighted by atomic mass is 9.39. The van der Waals surface area contributed by atoms with Crippen molar-refractivity contribution in [2.45, 2.75) is 97.6 Å². The van der Waals surface area contributed by atoms with Crippen molar-refractivity contribution in [1.29, 1.82) is 0 Å². The van der Waals surface area contributed by atoms with E-state index in [1.165, 1.54) is 7.11 Å². The van der Waals surface area contributed by atoms with E-state index >= 15 is 0 Å². The van der Waals surface area contributed by atoms with Crippen LogP contribution in [0.3, 0.4) is 0 Å². The molecule has 4 saturated carbocycles. The molecule has 4 aliphatic carbocycles. The van der Waals surface area contributed by atoms with E-state index in [9.17, 15) is 14.7 Å². The molecular weight excluding hydrogens is 488 g/mol. The van der Waals surface area contributed by atoms with Gasteiger partial charge in [0, 0.05) is 23.1 Å². The summed E-state index contributed by atoms with van der Waals surface area (Å²) in [4.78, 5) is 25.6. The highest BCUT2D eigenvalue weighted by Gasteiger charge is 2.73. The molecule has 0 aliphatic heterocycles. The van der Waals surface area contributed by atoms with E-state index in [-0.39, 0.29) is 46.8 Å². The number of aliphatic hydroxyl groups is 1. The second kappa shape index (κ2) is 9.44. The second-order valence-electron chi connectivity index (χ2n) is 14.1. The zero-order valence-corrected chi connectivity index (χ0v) is 24.3. The van der Waals surface area contributed by atoms with E-state index in [0.717, 1.165) is 30.4 Å². The van der Waals surface area contributed by atoms with E-state index in [4.69, 9.17) is 16.3 Å². The van der Waals surface area contributed by atoms with Crippen LogP contribution in [0.5, 0.6) is 0 Å². The largest absolute Gasteiger partial charge is 0.469 e. The van der Waals surface area contributed by atoms with Gasteiger partial charge in [0.05, 0.1) is 18.1 Å². The Hall–Kier alpha value is -1.79. The van der Waals surface area contributed by atoms with Crippen molar-refractivity contribution in [2.24, 2.45) is 28.1 Å². The van der Waals surface area contributed by atoms with E-state index < -0.39 is 11.0 Å². The van der Waals surface area contributed by atoms with Crippen LogP contribution < -0.4 is 10.6 Å². The molecule has 1 aromatic rings. The molecule has 3 N–H and O–H groups in total. The molecule has 0 spiro atoms. The maximum absolute atomic E-state index is 13.5. The molecule has 3 unspecified atom stereocenters. The second-order valence-corrected chi connectivity index (χ2v) is 14.5. The standard InChI is InChI=1S/C30H45ClN2O4/c1-19-22(15-34)30(13-12-27(19,5)6,21-9-8-20(23(31)14-21)10-11-26(2,3)4)33-25(36)32-29-16-28(17-29,18-29)24(35)37-7/h8-9,14,19,22,34H,10-13,15-18H2,1-7H3,(H2,32,33,36). The van der Waals surface area contributed by atoms with Crippen LogP contribution >= 0.6 is 11.6 Å². The number of esters is 1. The summed E-state index contributed by atoms with van der Waals surface area (Å²) in [6.45, 7) is 13.3. The Morgan fingerprint density at radius 3 is 2.32 bits per heavy atom. The summed E-state index contributed by atoms with van der Waals surface area (Å²) >= 11 is 6.83. The average Bonchev–Trinajstić information content (AvgIpc) is 2.76. The molecule has 7 heteroatoms. The first-order valence-corrected chi connectivity index (χ1v) is 14.1. The Labute approximate surface area is 227 Å². The number of hydrogen-bond donors (Lipinski definition) is 3. The van der Waals surface area contributed by atoms with Gasteiger partial charge in [0.25, 0.3) is 0 Å². The molecule has 4 fully saturated rings. The fraction of sp³-hybridized carbons (Fsp3) is 0.733. The highest BCUT2D eigenvalue weighted by molar-refractivity contribution is 6.31. The lowest BCUT2D eigenvalue weighted by Gasteiger charge is -2.68. The quantitative estimate of drug-likeness (QED) is 0.377. The molecule has 0 heterocycles. The maximum Gasteiger partial charge on any atom is 0.315 e. The number of amides is 2. The lowest BCUT2D eigenvalue weighted by molar-refractivity contribution is -0.199. The molecule has 0 aromatic heterocycles. The van der Waals surface area contributed by atoms with Gasteiger partial charge in [0.2, 0.25) is 0 Å². The third-order valence-electron chi connectivity index (χ3n) is 9.91. The number of urea groups is 1. The van der Waals surface area contributed by atoms with E-state index in [0.29, 0.717) is 30.7 Å². The molecule has 3 atom stereocenters. The van der Waals surface area contributed by atoms with Crippen molar-refractivity contribution in [1.82, 2.24) is 10.6 Å². The normalized spacial score (nSPS) is 34.1. The molecule has 206 valence electrons. The van der Waals surface area contributed by atoms with Gasteiger partial charge in [0.1, 0.15) is 0 Å². The smallest absolute Gasteiger partial charge is 0.315 e. The minimum absolute atomic E-state index is 0.0340. The van der Waals surface area contributed by atoms with Crippen molar-refractivity contribution >= 4 is 23.6 Å². The summed E-state index contributed by atoms with van der Waals surface area (Å²) < 4.78 is 4.95. The number of halogens is 1. The van der Waals surface area contributed by atoms with Crippen LogP contribution in [0.25, 0.3) is 0 Å². The Kier molecular flexibility index (Phi) is 7.20. The first-order chi connectivity index (χ1) is 17.1. The van der Waals surface area contributed by atoms with Crippen molar-refractivity contribution in [3.05, 3.63) is 34.3 Å². The van der Waals surface area contributed by atoms with Crippen molar-refractivity contribution in [3.8, 4) is 0 Å². The highest BCUT2D eigenvalue weighted by atomic mass is 35.5. The molecule has 37 heavy (non-hydrogen) atoms. The summed E-state index contributed by atoms with van der Waals surface area (Å²) in [5, 5.41) is 17.9. The number of methoxy groups -OCH3 is 1. The average molecular weight is 533 g/mol. The fourth-order valence-corrected chi connectivity index (χ4v) is 7.44. The molecular formula is C30H45ClN2O4. The number of aryl methyl sites for hydroxylation is 1. The Bertz CT molecular complexity index is 1040. The number of hydrogen-bond acceptors (Lipinski definition) is 4. The van der Waals surface area contributed by atoms with E-state index in [2.05, 4.69) is 64.3 Å². The SMILES string of the molecule is COC(=O)C12CC(NC(=O)NC3(c4ccc(CCC(C)(C)C)c(Cl)c4)CCC(C)(C)C(C)C3CO)(C1)C2. The third kappa shape index (κ3) is 5.01. The van der Waals surface area contributed by atoms with Gasteiger partial charge in [-0.25, -0.2) is 4.79 Å². The van der Waals surface area contributed by atoms with Crippen LogP contribution in [0.15, 0.2) is 18.2 Å². The fourth-order valence-electron chi connectivity index (χ4n) is 7.17. The van der Waals surface area contributed by atoms with Gasteiger partial charge in [0.15, 0.2) is 0 Å². The molecule has 2 bridgehead atoms. The molecule has 1 aromatic carbocycles. The first kappa shape index (κ1) is 28.2. The molecule has 0 saturated heterocycles. The molecule has 2 amide bonds. The zero-order chi connectivity index (χ0) is 27.4. The highest BCUT2D eigenvalue weighted by Crippen LogP contribution is 2.67. The maximum atomic E-state index is 13.5. The topological polar surface area (TPSA) is 87.7 Å².